The fourth-order valence-electron chi connectivity index (χ4n) is 0.615. The smallest absolute Gasteiger partial charge is 0.207 e. The van der Waals surface area contributed by atoms with Crippen molar-refractivity contribution in [3.8, 4) is 0 Å². The average molecular weight is 161 g/mol. The lowest BCUT2D eigenvalue weighted by atomic mass is 10.3. The molecule has 0 unspecified atom stereocenters. The second kappa shape index (κ2) is 2.92. The van der Waals surface area contributed by atoms with Crippen molar-refractivity contribution >= 4 is 11.6 Å². The SMILES string of the molecule is CCc1cc(Cl)nc(F)n1. The molecule has 0 aliphatic rings. The minimum atomic E-state index is -0.760. The predicted octanol–water partition coefficient (Wildman–Crippen LogP) is 1.83. The molecule has 0 radical (unpaired) electrons. The van der Waals surface area contributed by atoms with E-state index >= 15 is 0 Å². The summed E-state index contributed by atoms with van der Waals surface area (Å²) in [6.07, 6.45) is -0.0940. The predicted molar refractivity (Wildman–Crippen MR) is 36.4 cm³/mol. The minimum Gasteiger partial charge on any atom is -0.207 e. The Balaban J connectivity index is 3.06. The van der Waals surface area contributed by atoms with Crippen molar-refractivity contribution in [1.82, 2.24) is 9.97 Å². The van der Waals surface area contributed by atoms with Gasteiger partial charge >= 0.3 is 6.08 Å². The molecular weight excluding hydrogens is 155 g/mol. The quantitative estimate of drug-likeness (QED) is 0.463. The van der Waals surface area contributed by atoms with E-state index in [1.54, 1.807) is 6.07 Å². The third kappa shape index (κ3) is 1.64. The van der Waals surface area contributed by atoms with Crippen LogP contribution in [-0.2, 0) is 6.42 Å². The number of hydrogen-bond donors (Lipinski definition) is 0. The molecule has 0 atom stereocenters. The molecule has 0 aromatic carbocycles. The first kappa shape index (κ1) is 7.41. The molecule has 4 heteroatoms. The van der Waals surface area contributed by atoms with Gasteiger partial charge in [0.25, 0.3) is 0 Å². The van der Waals surface area contributed by atoms with Gasteiger partial charge < -0.3 is 0 Å². The molecule has 2 nitrogen and oxygen atoms in total. The van der Waals surface area contributed by atoms with Gasteiger partial charge in [-0.2, -0.15) is 9.37 Å². The van der Waals surface area contributed by atoms with E-state index in [-0.39, 0.29) is 5.15 Å². The van der Waals surface area contributed by atoms with Gasteiger partial charge in [0.05, 0.1) is 0 Å². The number of hydrogen-bond acceptors (Lipinski definition) is 2. The van der Waals surface area contributed by atoms with E-state index in [4.69, 9.17) is 11.6 Å². The van der Waals surface area contributed by atoms with Crippen LogP contribution in [0, 0.1) is 6.08 Å². The Morgan fingerprint density at radius 2 is 2.30 bits per heavy atom. The maximum atomic E-state index is 12.3. The van der Waals surface area contributed by atoms with Crippen molar-refractivity contribution in [3.05, 3.63) is 23.0 Å². The summed E-state index contributed by atoms with van der Waals surface area (Å²) >= 11 is 5.44. The van der Waals surface area contributed by atoms with Crippen molar-refractivity contribution in [3.63, 3.8) is 0 Å². The van der Waals surface area contributed by atoms with E-state index in [1.807, 2.05) is 6.92 Å². The van der Waals surface area contributed by atoms with Crippen LogP contribution in [-0.4, -0.2) is 9.97 Å². The van der Waals surface area contributed by atoms with Crippen LogP contribution in [0.15, 0.2) is 6.07 Å². The van der Waals surface area contributed by atoms with E-state index in [0.29, 0.717) is 12.1 Å². The lowest BCUT2D eigenvalue weighted by Crippen LogP contribution is -1.94. The summed E-state index contributed by atoms with van der Waals surface area (Å²) in [7, 11) is 0. The molecule has 1 aromatic rings. The standard InChI is InChI=1S/C6H6ClFN2/c1-2-4-3-5(7)10-6(8)9-4/h3H,2H2,1H3. The molecular formula is C6H6ClFN2. The summed E-state index contributed by atoms with van der Waals surface area (Å²) in [5, 5.41) is 0.157. The van der Waals surface area contributed by atoms with Gasteiger partial charge in [0.15, 0.2) is 0 Å². The molecule has 1 rings (SSSR count). The van der Waals surface area contributed by atoms with Crippen molar-refractivity contribution < 1.29 is 4.39 Å². The molecule has 1 heterocycles. The van der Waals surface area contributed by atoms with Crippen molar-refractivity contribution in [2.75, 3.05) is 0 Å². The minimum absolute atomic E-state index is 0.157. The monoisotopic (exact) mass is 160 g/mol. The fourth-order valence-corrected chi connectivity index (χ4v) is 0.810. The molecule has 54 valence electrons. The van der Waals surface area contributed by atoms with Gasteiger partial charge in [0.2, 0.25) is 0 Å². The Hall–Kier alpha value is -0.700. The highest BCUT2D eigenvalue weighted by Gasteiger charge is 1.98. The molecule has 0 N–H and O–H groups in total. The number of nitrogens with zero attached hydrogens (tertiary/aromatic N) is 2. The topological polar surface area (TPSA) is 25.8 Å². The van der Waals surface area contributed by atoms with Gasteiger partial charge in [0.1, 0.15) is 5.15 Å². The molecule has 0 saturated carbocycles. The molecule has 0 bridgehead atoms. The molecule has 0 aliphatic carbocycles. The second-order valence-corrected chi connectivity index (χ2v) is 2.19. The summed E-state index contributed by atoms with van der Waals surface area (Å²) < 4.78 is 12.3. The summed E-state index contributed by atoms with van der Waals surface area (Å²) in [5.41, 5.74) is 0.623. The zero-order valence-electron chi connectivity index (χ0n) is 5.43. The third-order valence-electron chi connectivity index (χ3n) is 1.08. The van der Waals surface area contributed by atoms with Crippen LogP contribution in [0.3, 0.4) is 0 Å². The molecule has 10 heavy (non-hydrogen) atoms. The summed E-state index contributed by atoms with van der Waals surface area (Å²) in [6, 6.07) is 1.55. The second-order valence-electron chi connectivity index (χ2n) is 1.80. The summed E-state index contributed by atoms with van der Waals surface area (Å²) in [6.45, 7) is 1.87. The average Bonchev–Trinajstić information content (AvgIpc) is 1.85. The highest BCUT2D eigenvalue weighted by Crippen LogP contribution is 2.06. The van der Waals surface area contributed by atoms with E-state index in [1.165, 1.54) is 0 Å². The largest absolute Gasteiger partial charge is 0.310 e. The Labute approximate surface area is 63.1 Å². The lowest BCUT2D eigenvalue weighted by molar-refractivity contribution is 0.533. The van der Waals surface area contributed by atoms with E-state index in [9.17, 15) is 4.39 Å². The highest BCUT2D eigenvalue weighted by atomic mass is 35.5. The third-order valence-corrected chi connectivity index (χ3v) is 1.28. The van der Waals surface area contributed by atoms with Crippen molar-refractivity contribution in [2.45, 2.75) is 13.3 Å². The van der Waals surface area contributed by atoms with Crippen molar-refractivity contribution in [2.24, 2.45) is 0 Å². The van der Waals surface area contributed by atoms with Gasteiger partial charge in [-0.15, -0.1) is 0 Å². The lowest BCUT2D eigenvalue weighted by Gasteiger charge is -1.94. The number of aromatic nitrogens is 2. The zero-order valence-corrected chi connectivity index (χ0v) is 6.19. The maximum absolute atomic E-state index is 12.3. The summed E-state index contributed by atoms with van der Waals surface area (Å²) in [5.74, 6) is 0. The summed E-state index contributed by atoms with van der Waals surface area (Å²) in [4.78, 5) is 6.76. The van der Waals surface area contributed by atoms with Gasteiger partial charge in [-0.25, -0.2) is 4.98 Å². The van der Waals surface area contributed by atoms with Crippen LogP contribution in [0.4, 0.5) is 4.39 Å². The van der Waals surface area contributed by atoms with Gasteiger partial charge in [-0.05, 0) is 12.5 Å². The van der Waals surface area contributed by atoms with Crippen molar-refractivity contribution in [1.29, 1.82) is 0 Å². The first-order chi connectivity index (χ1) is 4.72. The number of rotatable bonds is 1. The number of halogens is 2. The van der Waals surface area contributed by atoms with E-state index in [0.717, 1.165) is 0 Å². The van der Waals surface area contributed by atoms with Gasteiger partial charge in [-0.3, -0.25) is 0 Å². The first-order valence-electron chi connectivity index (χ1n) is 2.91. The normalized spacial score (nSPS) is 9.90. The molecule has 0 fully saturated rings. The van der Waals surface area contributed by atoms with Crippen LogP contribution < -0.4 is 0 Å². The maximum Gasteiger partial charge on any atom is 0.310 e. The first-order valence-corrected chi connectivity index (χ1v) is 3.29. The van der Waals surface area contributed by atoms with E-state index in [2.05, 4.69) is 9.97 Å². The van der Waals surface area contributed by atoms with Crippen LogP contribution >= 0.6 is 11.6 Å². The molecule has 0 amide bonds. The Morgan fingerprint density at radius 3 is 2.80 bits per heavy atom. The molecule has 0 aliphatic heterocycles. The van der Waals surface area contributed by atoms with Gasteiger partial charge in [-0.1, -0.05) is 18.5 Å². The van der Waals surface area contributed by atoms with E-state index < -0.39 is 6.08 Å². The Bertz CT molecular complexity index is 219. The fraction of sp³-hybridized carbons (Fsp3) is 0.333. The van der Waals surface area contributed by atoms with Gasteiger partial charge in [0, 0.05) is 5.69 Å². The van der Waals surface area contributed by atoms with Crippen LogP contribution in [0.25, 0.3) is 0 Å². The Kier molecular flexibility index (Phi) is 2.17. The molecule has 0 spiro atoms. The van der Waals surface area contributed by atoms with Crippen LogP contribution in [0.1, 0.15) is 12.6 Å². The zero-order chi connectivity index (χ0) is 7.56. The Morgan fingerprint density at radius 1 is 1.60 bits per heavy atom. The molecule has 0 saturated heterocycles. The highest BCUT2D eigenvalue weighted by molar-refractivity contribution is 6.29. The van der Waals surface area contributed by atoms with Crippen LogP contribution in [0.2, 0.25) is 5.15 Å². The molecule has 1 aromatic heterocycles. The van der Waals surface area contributed by atoms with Crippen LogP contribution in [0.5, 0.6) is 0 Å². The number of aryl methyl sites for hydroxylation is 1.